The third-order valence-corrected chi connectivity index (χ3v) is 4.40. The van der Waals surface area contributed by atoms with Crippen LogP contribution in [0.5, 0.6) is 11.5 Å². The van der Waals surface area contributed by atoms with Crippen LogP contribution in [0, 0.1) is 10.1 Å². The largest absolute Gasteiger partial charge is 0.450 e. The van der Waals surface area contributed by atoms with Crippen molar-refractivity contribution in [1.82, 2.24) is 0 Å². The van der Waals surface area contributed by atoms with Crippen molar-refractivity contribution in [1.29, 1.82) is 0 Å². The van der Waals surface area contributed by atoms with Crippen LogP contribution in [0.3, 0.4) is 0 Å². The van der Waals surface area contributed by atoms with E-state index in [-0.39, 0.29) is 17.4 Å². The Bertz CT molecular complexity index is 1100. The molecule has 0 aliphatic rings. The number of carbonyl (C=O) groups is 1. The molecule has 0 heterocycles. The van der Waals surface area contributed by atoms with Crippen molar-refractivity contribution in [3.05, 3.63) is 92.4 Å². The summed E-state index contributed by atoms with van der Waals surface area (Å²) in [6.07, 6.45) is -4.72. The number of anilines is 1. The number of hydrogen-bond donors (Lipinski definition) is 1. The maximum Gasteiger partial charge on any atom is 0.416 e. The zero-order chi connectivity index (χ0) is 21.9. The first-order valence-electron chi connectivity index (χ1n) is 8.34. The maximum absolute atomic E-state index is 12.8. The standard InChI is InChI=1S/C20H12BrF3N2O4/c21-14-2-1-3-15(11-14)25-19(27)12-4-7-16(8-5-12)30-18-9-6-13(20(22,23)24)10-17(18)26(28)29/h1-11H,(H,25,27). The van der Waals surface area contributed by atoms with Gasteiger partial charge in [-0.15, -0.1) is 0 Å². The number of nitro groups is 1. The van der Waals surface area contributed by atoms with Gasteiger partial charge < -0.3 is 10.1 Å². The molecule has 0 atom stereocenters. The molecule has 1 amide bonds. The van der Waals surface area contributed by atoms with Crippen LogP contribution in [0.15, 0.2) is 71.2 Å². The van der Waals surface area contributed by atoms with Crippen LogP contribution < -0.4 is 10.1 Å². The van der Waals surface area contributed by atoms with Gasteiger partial charge in [0, 0.05) is 21.8 Å². The highest BCUT2D eigenvalue weighted by atomic mass is 79.9. The number of nitro benzene ring substituents is 1. The number of alkyl halides is 3. The zero-order valence-corrected chi connectivity index (χ0v) is 16.5. The summed E-state index contributed by atoms with van der Waals surface area (Å²) in [6.45, 7) is 0. The van der Waals surface area contributed by atoms with Gasteiger partial charge in [0.25, 0.3) is 5.91 Å². The van der Waals surface area contributed by atoms with E-state index in [0.29, 0.717) is 23.4 Å². The zero-order valence-electron chi connectivity index (χ0n) is 14.9. The van der Waals surface area contributed by atoms with Crippen molar-refractivity contribution >= 4 is 33.2 Å². The third kappa shape index (κ3) is 5.15. The summed E-state index contributed by atoms with van der Waals surface area (Å²) in [6, 6.07) is 14.6. The van der Waals surface area contributed by atoms with Crippen LogP contribution >= 0.6 is 15.9 Å². The number of rotatable bonds is 5. The van der Waals surface area contributed by atoms with Crippen molar-refractivity contribution in [2.45, 2.75) is 6.18 Å². The van der Waals surface area contributed by atoms with Crippen LogP contribution in [0.25, 0.3) is 0 Å². The molecule has 3 aromatic rings. The van der Waals surface area contributed by atoms with Gasteiger partial charge >= 0.3 is 11.9 Å². The lowest BCUT2D eigenvalue weighted by molar-refractivity contribution is -0.385. The highest BCUT2D eigenvalue weighted by Gasteiger charge is 2.33. The summed E-state index contributed by atoms with van der Waals surface area (Å²) in [5, 5.41) is 13.8. The van der Waals surface area contributed by atoms with E-state index < -0.39 is 22.4 Å². The fourth-order valence-electron chi connectivity index (χ4n) is 2.49. The Morgan fingerprint density at radius 2 is 1.73 bits per heavy atom. The first kappa shape index (κ1) is 21.3. The van der Waals surface area contributed by atoms with Crippen LogP contribution in [-0.2, 0) is 6.18 Å². The Morgan fingerprint density at radius 1 is 1.03 bits per heavy atom. The minimum absolute atomic E-state index is 0.122. The first-order chi connectivity index (χ1) is 14.1. The van der Waals surface area contributed by atoms with Gasteiger partial charge in [-0.1, -0.05) is 22.0 Å². The van der Waals surface area contributed by atoms with E-state index in [1.54, 1.807) is 18.2 Å². The lowest BCUT2D eigenvalue weighted by atomic mass is 10.1. The lowest BCUT2D eigenvalue weighted by Gasteiger charge is -2.10. The van der Waals surface area contributed by atoms with Crippen molar-refractivity contribution < 1.29 is 27.6 Å². The van der Waals surface area contributed by atoms with Crippen LogP contribution in [0.1, 0.15) is 15.9 Å². The molecule has 0 saturated carbocycles. The highest BCUT2D eigenvalue weighted by molar-refractivity contribution is 9.10. The molecule has 0 unspecified atom stereocenters. The average molecular weight is 481 g/mol. The predicted octanol–water partition coefficient (Wildman–Crippen LogP) is 6.42. The molecular formula is C20H12BrF3N2O4. The quantitative estimate of drug-likeness (QED) is 0.337. The Labute approximate surface area is 176 Å². The number of nitrogens with zero attached hydrogens (tertiary/aromatic N) is 1. The molecule has 0 radical (unpaired) electrons. The molecule has 0 spiro atoms. The number of nitrogens with one attached hydrogen (secondary N) is 1. The number of amides is 1. The van der Waals surface area contributed by atoms with E-state index in [1.807, 2.05) is 6.07 Å². The van der Waals surface area contributed by atoms with Gasteiger partial charge in [-0.3, -0.25) is 14.9 Å². The summed E-state index contributed by atoms with van der Waals surface area (Å²) >= 11 is 3.30. The van der Waals surface area contributed by atoms with E-state index in [4.69, 9.17) is 4.74 Å². The molecule has 3 aromatic carbocycles. The predicted molar refractivity (Wildman–Crippen MR) is 107 cm³/mol. The molecule has 0 fully saturated rings. The molecular weight excluding hydrogens is 469 g/mol. The maximum atomic E-state index is 12.8. The number of ether oxygens (including phenoxy) is 1. The number of benzene rings is 3. The minimum atomic E-state index is -4.72. The second kappa shape index (κ2) is 8.54. The topological polar surface area (TPSA) is 81.5 Å². The second-order valence-corrected chi connectivity index (χ2v) is 6.94. The fourth-order valence-corrected chi connectivity index (χ4v) is 2.89. The first-order valence-corrected chi connectivity index (χ1v) is 9.13. The number of hydrogen-bond acceptors (Lipinski definition) is 4. The van der Waals surface area contributed by atoms with Crippen molar-refractivity contribution in [2.24, 2.45) is 0 Å². The molecule has 10 heteroatoms. The van der Waals surface area contributed by atoms with Crippen molar-refractivity contribution in [3.63, 3.8) is 0 Å². The Hall–Kier alpha value is -3.40. The summed E-state index contributed by atoms with van der Waals surface area (Å²) in [5.74, 6) is -0.614. The molecule has 0 bridgehead atoms. The van der Waals surface area contributed by atoms with Gasteiger partial charge in [0.05, 0.1) is 10.5 Å². The van der Waals surface area contributed by atoms with E-state index >= 15 is 0 Å². The van der Waals surface area contributed by atoms with Gasteiger partial charge in [0.1, 0.15) is 5.75 Å². The molecule has 0 aliphatic carbocycles. The SMILES string of the molecule is O=C(Nc1cccc(Br)c1)c1ccc(Oc2ccc(C(F)(F)F)cc2[N+](=O)[O-])cc1. The number of halogens is 4. The van der Waals surface area contributed by atoms with E-state index in [1.165, 1.54) is 24.3 Å². The van der Waals surface area contributed by atoms with Gasteiger partial charge in [0.2, 0.25) is 5.75 Å². The van der Waals surface area contributed by atoms with E-state index in [0.717, 1.165) is 10.5 Å². The molecule has 0 aliphatic heterocycles. The number of carbonyl (C=O) groups excluding carboxylic acids is 1. The molecule has 3 rings (SSSR count). The van der Waals surface area contributed by atoms with Crippen molar-refractivity contribution in [3.8, 4) is 11.5 Å². The molecule has 0 saturated heterocycles. The van der Waals surface area contributed by atoms with E-state index in [2.05, 4.69) is 21.2 Å². The minimum Gasteiger partial charge on any atom is -0.450 e. The van der Waals surface area contributed by atoms with Crippen LogP contribution in [0.2, 0.25) is 0 Å². The van der Waals surface area contributed by atoms with Gasteiger partial charge in [-0.2, -0.15) is 13.2 Å². The van der Waals surface area contributed by atoms with Gasteiger partial charge in [-0.05, 0) is 54.6 Å². The third-order valence-electron chi connectivity index (χ3n) is 3.91. The lowest BCUT2D eigenvalue weighted by Crippen LogP contribution is -2.11. The molecule has 30 heavy (non-hydrogen) atoms. The monoisotopic (exact) mass is 480 g/mol. The molecule has 1 N–H and O–H groups in total. The summed E-state index contributed by atoms with van der Waals surface area (Å²) in [5.41, 5.74) is -1.10. The van der Waals surface area contributed by atoms with E-state index in [9.17, 15) is 28.1 Å². The molecule has 6 nitrogen and oxygen atoms in total. The summed E-state index contributed by atoms with van der Waals surface area (Å²) in [4.78, 5) is 22.5. The Balaban J connectivity index is 1.77. The summed E-state index contributed by atoms with van der Waals surface area (Å²) < 4.78 is 44.5. The summed E-state index contributed by atoms with van der Waals surface area (Å²) in [7, 11) is 0. The van der Waals surface area contributed by atoms with Crippen LogP contribution in [-0.4, -0.2) is 10.8 Å². The Kier molecular flexibility index (Phi) is 6.06. The normalized spacial score (nSPS) is 11.1. The van der Waals surface area contributed by atoms with Gasteiger partial charge in [-0.25, -0.2) is 0 Å². The fraction of sp³-hybridized carbons (Fsp3) is 0.0500. The smallest absolute Gasteiger partial charge is 0.416 e. The average Bonchev–Trinajstić information content (AvgIpc) is 2.68. The second-order valence-electron chi connectivity index (χ2n) is 6.03. The molecule has 154 valence electrons. The Morgan fingerprint density at radius 3 is 2.33 bits per heavy atom. The van der Waals surface area contributed by atoms with Crippen molar-refractivity contribution in [2.75, 3.05) is 5.32 Å². The van der Waals surface area contributed by atoms with Crippen LogP contribution in [0.4, 0.5) is 24.5 Å². The molecule has 0 aromatic heterocycles. The van der Waals surface area contributed by atoms with Gasteiger partial charge in [0.15, 0.2) is 0 Å². The highest BCUT2D eigenvalue weighted by Crippen LogP contribution is 2.37.